The van der Waals surface area contributed by atoms with Gasteiger partial charge in [0, 0.05) is 25.2 Å². The standard InChI is InChI=1S/C26H26N2O3/c29-25(28-16-17-31-26(28)30)15-14-21-12-7-13-24(18-21)27(19-22-8-3-1-4-9-22)20-23-10-5-2-6-11-23/h1-13,18H,14-17,19-20H2. The highest BCUT2D eigenvalue weighted by molar-refractivity contribution is 5.93. The molecule has 3 aromatic carbocycles. The number of ether oxygens (including phenoxy) is 1. The number of hydrogen-bond donors (Lipinski definition) is 0. The van der Waals surface area contributed by atoms with E-state index in [9.17, 15) is 9.59 Å². The van der Waals surface area contributed by atoms with Gasteiger partial charge < -0.3 is 9.64 Å². The van der Waals surface area contributed by atoms with Crippen molar-refractivity contribution < 1.29 is 14.3 Å². The SMILES string of the molecule is O=C(CCc1cccc(N(Cc2ccccc2)Cc2ccccc2)c1)N1CCOC1=O. The van der Waals surface area contributed by atoms with E-state index >= 15 is 0 Å². The number of carbonyl (C=O) groups is 2. The molecular formula is C26H26N2O3. The van der Waals surface area contributed by atoms with Crippen LogP contribution in [-0.2, 0) is 29.0 Å². The van der Waals surface area contributed by atoms with Gasteiger partial charge in [-0.1, -0.05) is 72.8 Å². The van der Waals surface area contributed by atoms with Crippen LogP contribution in [0.5, 0.6) is 0 Å². The Morgan fingerprint density at radius 2 is 1.45 bits per heavy atom. The molecular weight excluding hydrogens is 388 g/mol. The maximum Gasteiger partial charge on any atom is 0.416 e. The van der Waals surface area contributed by atoms with Gasteiger partial charge in [-0.2, -0.15) is 0 Å². The zero-order chi connectivity index (χ0) is 21.5. The number of imide groups is 1. The summed E-state index contributed by atoms with van der Waals surface area (Å²) in [6, 6.07) is 29.1. The Balaban J connectivity index is 1.49. The Hall–Kier alpha value is -3.60. The third-order valence-corrected chi connectivity index (χ3v) is 5.40. The lowest BCUT2D eigenvalue weighted by molar-refractivity contribution is -0.127. The van der Waals surface area contributed by atoms with Crippen molar-refractivity contribution in [2.75, 3.05) is 18.1 Å². The fraction of sp³-hybridized carbons (Fsp3) is 0.231. The van der Waals surface area contributed by atoms with E-state index in [0.29, 0.717) is 13.0 Å². The van der Waals surface area contributed by atoms with E-state index in [2.05, 4.69) is 65.6 Å². The minimum atomic E-state index is -0.532. The summed E-state index contributed by atoms with van der Waals surface area (Å²) in [5, 5.41) is 0. The predicted octanol–water partition coefficient (Wildman–Crippen LogP) is 4.80. The normalized spacial score (nSPS) is 13.2. The van der Waals surface area contributed by atoms with Gasteiger partial charge in [-0.05, 0) is 35.2 Å². The fourth-order valence-corrected chi connectivity index (χ4v) is 3.76. The summed E-state index contributed by atoms with van der Waals surface area (Å²) < 4.78 is 4.86. The number of cyclic esters (lactones) is 1. The van der Waals surface area contributed by atoms with Crippen LogP contribution >= 0.6 is 0 Å². The van der Waals surface area contributed by atoms with Crippen LogP contribution in [0.25, 0.3) is 0 Å². The van der Waals surface area contributed by atoms with E-state index in [-0.39, 0.29) is 18.9 Å². The molecule has 0 aromatic heterocycles. The van der Waals surface area contributed by atoms with Crippen molar-refractivity contribution in [3.63, 3.8) is 0 Å². The van der Waals surface area contributed by atoms with E-state index in [1.165, 1.54) is 16.0 Å². The van der Waals surface area contributed by atoms with Crippen LogP contribution in [0.4, 0.5) is 10.5 Å². The number of aryl methyl sites for hydroxylation is 1. The summed E-state index contributed by atoms with van der Waals surface area (Å²) in [5.41, 5.74) is 4.67. The number of benzene rings is 3. The van der Waals surface area contributed by atoms with Crippen LogP contribution in [0.1, 0.15) is 23.1 Å². The van der Waals surface area contributed by atoms with Crippen LogP contribution in [0.2, 0.25) is 0 Å². The molecule has 2 amide bonds. The van der Waals surface area contributed by atoms with Gasteiger partial charge in [0.2, 0.25) is 5.91 Å². The molecule has 5 heteroatoms. The second kappa shape index (κ2) is 9.94. The fourth-order valence-electron chi connectivity index (χ4n) is 3.76. The summed E-state index contributed by atoms with van der Waals surface area (Å²) in [6.07, 6.45) is 0.340. The molecule has 31 heavy (non-hydrogen) atoms. The molecule has 1 aliphatic heterocycles. The van der Waals surface area contributed by atoms with Crippen molar-refractivity contribution in [1.29, 1.82) is 0 Å². The topological polar surface area (TPSA) is 49.9 Å². The minimum absolute atomic E-state index is 0.182. The quantitative estimate of drug-likeness (QED) is 0.531. The lowest BCUT2D eigenvalue weighted by atomic mass is 10.1. The number of amides is 2. The first kappa shape index (κ1) is 20.7. The Kier molecular flexibility index (Phi) is 6.62. The van der Waals surface area contributed by atoms with Gasteiger partial charge in [-0.25, -0.2) is 9.69 Å². The number of anilines is 1. The monoisotopic (exact) mass is 414 g/mol. The molecule has 1 aliphatic rings. The molecule has 0 saturated carbocycles. The Morgan fingerprint density at radius 1 is 0.839 bits per heavy atom. The van der Waals surface area contributed by atoms with Gasteiger partial charge in [0.05, 0.1) is 6.54 Å². The number of rotatable bonds is 8. The summed E-state index contributed by atoms with van der Waals surface area (Å²) in [5.74, 6) is -0.182. The molecule has 0 bridgehead atoms. The van der Waals surface area contributed by atoms with Gasteiger partial charge in [-0.3, -0.25) is 4.79 Å². The average molecular weight is 415 g/mol. The third kappa shape index (κ3) is 5.51. The van der Waals surface area contributed by atoms with E-state index in [4.69, 9.17) is 4.74 Å². The van der Waals surface area contributed by atoms with Crippen molar-refractivity contribution in [1.82, 2.24) is 4.90 Å². The molecule has 0 unspecified atom stereocenters. The van der Waals surface area contributed by atoms with Gasteiger partial charge >= 0.3 is 6.09 Å². The first-order valence-electron chi connectivity index (χ1n) is 10.6. The maximum atomic E-state index is 12.3. The predicted molar refractivity (Wildman–Crippen MR) is 121 cm³/mol. The maximum absolute atomic E-state index is 12.3. The molecule has 4 rings (SSSR count). The average Bonchev–Trinajstić information content (AvgIpc) is 3.24. The minimum Gasteiger partial charge on any atom is -0.447 e. The number of nitrogens with zero attached hydrogens (tertiary/aromatic N) is 2. The van der Waals surface area contributed by atoms with Crippen molar-refractivity contribution >= 4 is 17.7 Å². The Labute approximate surface area is 182 Å². The lowest BCUT2D eigenvalue weighted by Crippen LogP contribution is -2.31. The molecule has 5 nitrogen and oxygen atoms in total. The number of hydrogen-bond acceptors (Lipinski definition) is 4. The van der Waals surface area contributed by atoms with Crippen LogP contribution < -0.4 is 4.90 Å². The van der Waals surface area contributed by atoms with E-state index in [1.807, 2.05) is 24.3 Å². The van der Waals surface area contributed by atoms with Crippen LogP contribution in [0.3, 0.4) is 0 Å². The first-order chi connectivity index (χ1) is 15.2. The van der Waals surface area contributed by atoms with E-state index in [0.717, 1.165) is 24.3 Å². The largest absolute Gasteiger partial charge is 0.447 e. The molecule has 0 aliphatic carbocycles. The zero-order valence-corrected chi connectivity index (χ0v) is 17.4. The highest BCUT2D eigenvalue weighted by atomic mass is 16.6. The lowest BCUT2D eigenvalue weighted by Gasteiger charge is -2.26. The summed E-state index contributed by atoms with van der Waals surface area (Å²) in [7, 11) is 0. The van der Waals surface area contributed by atoms with Gasteiger partial charge in [-0.15, -0.1) is 0 Å². The summed E-state index contributed by atoms with van der Waals surface area (Å²) in [6.45, 7) is 2.21. The first-order valence-corrected chi connectivity index (χ1v) is 10.6. The van der Waals surface area contributed by atoms with Gasteiger partial charge in [0.1, 0.15) is 6.61 Å². The highest BCUT2D eigenvalue weighted by Gasteiger charge is 2.27. The molecule has 1 heterocycles. The summed E-state index contributed by atoms with van der Waals surface area (Å²) >= 11 is 0. The van der Waals surface area contributed by atoms with E-state index < -0.39 is 6.09 Å². The second-order valence-corrected chi connectivity index (χ2v) is 7.66. The van der Waals surface area contributed by atoms with Crippen molar-refractivity contribution in [2.45, 2.75) is 25.9 Å². The summed E-state index contributed by atoms with van der Waals surface area (Å²) in [4.78, 5) is 27.5. The van der Waals surface area contributed by atoms with Crippen LogP contribution in [-0.4, -0.2) is 30.1 Å². The Morgan fingerprint density at radius 3 is 2.03 bits per heavy atom. The third-order valence-electron chi connectivity index (χ3n) is 5.40. The van der Waals surface area contributed by atoms with Crippen LogP contribution in [0.15, 0.2) is 84.9 Å². The van der Waals surface area contributed by atoms with E-state index in [1.54, 1.807) is 0 Å². The van der Waals surface area contributed by atoms with Crippen LogP contribution in [0, 0.1) is 0 Å². The molecule has 3 aromatic rings. The smallest absolute Gasteiger partial charge is 0.416 e. The molecule has 1 fully saturated rings. The van der Waals surface area contributed by atoms with Crippen molar-refractivity contribution in [3.05, 3.63) is 102 Å². The molecule has 0 atom stereocenters. The zero-order valence-electron chi connectivity index (χ0n) is 17.4. The number of carbonyl (C=O) groups excluding carboxylic acids is 2. The molecule has 0 spiro atoms. The molecule has 1 saturated heterocycles. The van der Waals surface area contributed by atoms with Crippen molar-refractivity contribution in [3.8, 4) is 0 Å². The molecule has 158 valence electrons. The molecule has 0 radical (unpaired) electrons. The van der Waals surface area contributed by atoms with Crippen molar-refractivity contribution in [2.24, 2.45) is 0 Å². The van der Waals surface area contributed by atoms with Gasteiger partial charge in [0.25, 0.3) is 0 Å². The molecule has 0 N–H and O–H groups in total. The second-order valence-electron chi connectivity index (χ2n) is 7.66. The highest BCUT2D eigenvalue weighted by Crippen LogP contribution is 2.22. The van der Waals surface area contributed by atoms with Gasteiger partial charge in [0.15, 0.2) is 0 Å². The Bertz CT molecular complexity index is 980.